The molecule has 0 spiro atoms. The monoisotopic (exact) mass is 339 g/mol. The summed E-state index contributed by atoms with van der Waals surface area (Å²) in [5.41, 5.74) is 8.04. The maximum Gasteiger partial charge on any atom is 0.255 e. The SMILES string of the molecule is Cc1cnc(Cl)c(NC(=O)c2cc(N)cc(Br)c2)c1. The van der Waals surface area contributed by atoms with E-state index in [1.54, 1.807) is 30.5 Å². The van der Waals surface area contributed by atoms with Crippen molar-refractivity contribution in [3.8, 4) is 0 Å². The number of nitrogens with two attached hydrogens (primary N) is 1. The number of halogens is 2. The third kappa shape index (κ3) is 3.45. The third-order valence-electron chi connectivity index (χ3n) is 2.41. The second-order valence-corrected chi connectivity index (χ2v) is 5.35. The molecule has 19 heavy (non-hydrogen) atoms. The average Bonchev–Trinajstić information content (AvgIpc) is 2.32. The maximum absolute atomic E-state index is 12.1. The number of carbonyl (C=O) groups is 1. The second-order valence-electron chi connectivity index (χ2n) is 4.08. The zero-order valence-electron chi connectivity index (χ0n) is 10.1. The number of aryl methyl sites for hydroxylation is 1. The molecule has 6 heteroatoms. The number of benzene rings is 1. The fourth-order valence-electron chi connectivity index (χ4n) is 1.58. The summed E-state index contributed by atoms with van der Waals surface area (Å²) in [6.45, 7) is 1.87. The van der Waals surface area contributed by atoms with Gasteiger partial charge in [0, 0.05) is 21.9 Å². The van der Waals surface area contributed by atoms with E-state index in [9.17, 15) is 4.79 Å². The van der Waals surface area contributed by atoms with Crippen molar-refractivity contribution < 1.29 is 4.79 Å². The Morgan fingerprint density at radius 1 is 1.37 bits per heavy atom. The molecule has 1 aromatic heterocycles. The normalized spacial score (nSPS) is 10.3. The summed E-state index contributed by atoms with van der Waals surface area (Å²) in [7, 11) is 0. The van der Waals surface area contributed by atoms with Crippen molar-refractivity contribution in [3.63, 3.8) is 0 Å². The standard InChI is InChI=1S/C13H11BrClN3O/c1-7-2-11(12(15)17-6-7)18-13(19)8-3-9(14)5-10(16)4-8/h2-6H,16H2,1H3,(H,18,19). The predicted octanol–water partition coefficient (Wildman–Crippen LogP) is 3.64. The lowest BCUT2D eigenvalue weighted by atomic mass is 10.2. The van der Waals surface area contributed by atoms with E-state index in [4.69, 9.17) is 17.3 Å². The Labute approximate surface area is 124 Å². The van der Waals surface area contributed by atoms with Crippen LogP contribution in [0.25, 0.3) is 0 Å². The lowest BCUT2D eigenvalue weighted by molar-refractivity contribution is 0.102. The number of nitrogen functional groups attached to an aromatic ring is 1. The summed E-state index contributed by atoms with van der Waals surface area (Å²) in [4.78, 5) is 16.1. The minimum atomic E-state index is -0.290. The fourth-order valence-corrected chi connectivity index (χ4v) is 2.24. The first-order chi connectivity index (χ1) is 8.95. The lowest BCUT2D eigenvalue weighted by Gasteiger charge is -2.08. The van der Waals surface area contributed by atoms with Gasteiger partial charge in [-0.1, -0.05) is 27.5 Å². The Morgan fingerprint density at radius 3 is 2.79 bits per heavy atom. The van der Waals surface area contributed by atoms with Gasteiger partial charge in [-0.25, -0.2) is 4.98 Å². The van der Waals surface area contributed by atoms with Crippen molar-refractivity contribution >= 4 is 44.8 Å². The van der Waals surface area contributed by atoms with Gasteiger partial charge in [0.15, 0.2) is 5.15 Å². The van der Waals surface area contributed by atoms with E-state index in [1.807, 2.05) is 6.92 Å². The van der Waals surface area contributed by atoms with Gasteiger partial charge in [0.2, 0.25) is 0 Å². The Hall–Kier alpha value is -1.59. The van der Waals surface area contributed by atoms with Gasteiger partial charge in [-0.2, -0.15) is 0 Å². The van der Waals surface area contributed by atoms with E-state index in [2.05, 4.69) is 26.2 Å². The molecular formula is C13H11BrClN3O. The van der Waals surface area contributed by atoms with Crippen molar-refractivity contribution in [2.45, 2.75) is 6.92 Å². The van der Waals surface area contributed by atoms with Gasteiger partial charge < -0.3 is 11.1 Å². The number of rotatable bonds is 2. The second kappa shape index (κ2) is 5.59. The van der Waals surface area contributed by atoms with E-state index < -0.39 is 0 Å². The van der Waals surface area contributed by atoms with Crippen molar-refractivity contribution in [2.75, 3.05) is 11.1 Å². The van der Waals surface area contributed by atoms with E-state index in [0.717, 1.165) is 10.0 Å². The molecule has 0 radical (unpaired) electrons. The van der Waals surface area contributed by atoms with Crippen LogP contribution in [-0.4, -0.2) is 10.9 Å². The number of pyridine rings is 1. The van der Waals surface area contributed by atoms with Crippen molar-refractivity contribution in [1.29, 1.82) is 0 Å². The van der Waals surface area contributed by atoms with Crippen LogP contribution in [0.3, 0.4) is 0 Å². The van der Waals surface area contributed by atoms with E-state index in [-0.39, 0.29) is 11.1 Å². The minimum Gasteiger partial charge on any atom is -0.399 e. The molecule has 1 heterocycles. The summed E-state index contributed by atoms with van der Waals surface area (Å²) in [5.74, 6) is -0.290. The summed E-state index contributed by atoms with van der Waals surface area (Å²) in [5, 5.41) is 2.96. The van der Waals surface area contributed by atoms with Gasteiger partial charge in [0.1, 0.15) is 0 Å². The first kappa shape index (κ1) is 13.8. The number of amides is 1. The smallest absolute Gasteiger partial charge is 0.255 e. The molecule has 0 aliphatic carbocycles. The van der Waals surface area contributed by atoms with E-state index >= 15 is 0 Å². The zero-order valence-corrected chi connectivity index (χ0v) is 12.4. The van der Waals surface area contributed by atoms with Crippen LogP contribution in [0.15, 0.2) is 34.9 Å². The summed E-state index contributed by atoms with van der Waals surface area (Å²) in [6.07, 6.45) is 1.63. The summed E-state index contributed by atoms with van der Waals surface area (Å²) in [6, 6.07) is 6.76. The van der Waals surface area contributed by atoms with Crippen LogP contribution < -0.4 is 11.1 Å². The van der Waals surface area contributed by atoms with Crippen molar-refractivity contribution in [2.24, 2.45) is 0 Å². The minimum absolute atomic E-state index is 0.252. The van der Waals surface area contributed by atoms with Crippen LogP contribution in [0.1, 0.15) is 15.9 Å². The Balaban J connectivity index is 2.28. The molecule has 0 unspecified atom stereocenters. The maximum atomic E-state index is 12.1. The van der Waals surface area contributed by atoms with Crippen LogP contribution in [0, 0.1) is 6.92 Å². The van der Waals surface area contributed by atoms with Crippen LogP contribution in [0.2, 0.25) is 5.15 Å². The molecule has 1 amide bonds. The fraction of sp³-hybridized carbons (Fsp3) is 0.0769. The molecule has 4 nitrogen and oxygen atoms in total. The lowest BCUT2D eigenvalue weighted by Crippen LogP contribution is -2.13. The average molecular weight is 341 g/mol. The Kier molecular flexibility index (Phi) is 4.07. The molecule has 0 fully saturated rings. The highest BCUT2D eigenvalue weighted by Gasteiger charge is 2.10. The van der Waals surface area contributed by atoms with Gasteiger partial charge in [0.05, 0.1) is 5.69 Å². The van der Waals surface area contributed by atoms with E-state index in [0.29, 0.717) is 16.9 Å². The van der Waals surface area contributed by atoms with E-state index in [1.165, 1.54) is 0 Å². The van der Waals surface area contributed by atoms with Crippen LogP contribution >= 0.6 is 27.5 Å². The zero-order chi connectivity index (χ0) is 14.0. The number of anilines is 2. The van der Waals surface area contributed by atoms with Crippen molar-refractivity contribution in [1.82, 2.24) is 4.98 Å². The third-order valence-corrected chi connectivity index (χ3v) is 3.17. The topological polar surface area (TPSA) is 68.0 Å². The number of hydrogen-bond donors (Lipinski definition) is 2. The number of hydrogen-bond acceptors (Lipinski definition) is 3. The molecule has 2 rings (SSSR count). The molecule has 3 N–H and O–H groups in total. The van der Waals surface area contributed by atoms with Gasteiger partial charge in [-0.15, -0.1) is 0 Å². The molecule has 0 saturated carbocycles. The van der Waals surface area contributed by atoms with Crippen LogP contribution in [-0.2, 0) is 0 Å². The molecule has 1 aromatic carbocycles. The summed E-state index contributed by atoms with van der Waals surface area (Å²) >= 11 is 9.22. The molecule has 0 aliphatic rings. The predicted molar refractivity (Wildman–Crippen MR) is 80.5 cm³/mol. The van der Waals surface area contributed by atoms with Gasteiger partial charge in [-0.3, -0.25) is 4.79 Å². The van der Waals surface area contributed by atoms with Crippen molar-refractivity contribution in [3.05, 3.63) is 51.2 Å². The number of nitrogens with zero attached hydrogens (tertiary/aromatic N) is 1. The first-order valence-corrected chi connectivity index (χ1v) is 6.62. The van der Waals surface area contributed by atoms with Gasteiger partial charge in [-0.05, 0) is 36.8 Å². The Morgan fingerprint density at radius 2 is 2.11 bits per heavy atom. The van der Waals surface area contributed by atoms with Gasteiger partial charge in [0.25, 0.3) is 5.91 Å². The molecule has 2 aromatic rings. The van der Waals surface area contributed by atoms with Crippen LogP contribution in [0.4, 0.5) is 11.4 Å². The van der Waals surface area contributed by atoms with Crippen LogP contribution in [0.5, 0.6) is 0 Å². The highest BCUT2D eigenvalue weighted by atomic mass is 79.9. The molecule has 0 saturated heterocycles. The highest BCUT2D eigenvalue weighted by molar-refractivity contribution is 9.10. The quantitative estimate of drug-likeness (QED) is 0.648. The number of carbonyl (C=O) groups excluding carboxylic acids is 1. The highest BCUT2D eigenvalue weighted by Crippen LogP contribution is 2.22. The Bertz CT molecular complexity index is 626. The number of nitrogens with one attached hydrogen (secondary N) is 1. The first-order valence-electron chi connectivity index (χ1n) is 5.45. The molecule has 0 aliphatic heterocycles. The molecular weight excluding hydrogens is 330 g/mol. The largest absolute Gasteiger partial charge is 0.399 e. The number of aromatic nitrogens is 1. The van der Waals surface area contributed by atoms with Gasteiger partial charge >= 0.3 is 0 Å². The summed E-state index contributed by atoms with van der Waals surface area (Å²) < 4.78 is 0.742. The molecule has 98 valence electrons. The molecule has 0 atom stereocenters. The molecule has 0 bridgehead atoms.